The van der Waals surface area contributed by atoms with Gasteiger partial charge in [0.1, 0.15) is 0 Å². The van der Waals surface area contributed by atoms with Gasteiger partial charge in [-0.25, -0.2) is 0 Å². The zero-order valence-corrected chi connectivity index (χ0v) is 13.5. The fourth-order valence-electron chi connectivity index (χ4n) is 2.36. The molecule has 0 radical (unpaired) electrons. The molecule has 0 spiro atoms. The second-order valence-electron chi connectivity index (χ2n) is 5.11. The molecule has 1 aliphatic heterocycles. The summed E-state index contributed by atoms with van der Waals surface area (Å²) in [5.41, 5.74) is 1.01. The van der Waals surface area contributed by atoms with Crippen molar-refractivity contribution in [2.24, 2.45) is 5.92 Å². The maximum Gasteiger partial charge on any atom is 0.279 e. The van der Waals surface area contributed by atoms with Crippen molar-refractivity contribution in [1.29, 1.82) is 0 Å². The summed E-state index contributed by atoms with van der Waals surface area (Å²) >= 11 is 1.58. The molecule has 5 nitrogen and oxygen atoms in total. The van der Waals surface area contributed by atoms with Crippen LogP contribution in [0.5, 0.6) is 0 Å². The Kier molecular flexibility index (Phi) is 5.98. The summed E-state index contributed by atoms with van der Waals surface area (Å²) in [5.74, 6) is 0.596. The molecule has 114 valence electrons. The standard InChI is InChI=1S/C13H23N3O2S2/c1-2-14-9-12-3-6-16(7-4-12)20(17,18)15-10-13-5-8-19-11-13/h5,8,11-12,14-15H,2-4,6-7,9-10H2,1H3. The van der Waals surface area contributed by atoms with E-state index in [1.165, 1.54) is 0 Å². The Morgan fingerprint density at radius 2 is 2.15 bits per heavy atom. The van der Waals surface area contributed by atoms with Gasteiger partial charge in [-0.1, -0.05) is 6.92 Å². The third kappa shape index (κ3) is 4.53. The van der Waals surface area contributed by atoms with E-state index >= 15 is 0 Å². The molecule has 0 unspecified atom stereocenters. The maximum atomic E-state index is 12.2. The van der Waals surface area contributed by atoms with Crippen molar-refractivity contribution >= 4 is 21.5 Å². The van der Waals surface area contributed by atoms with Gasteiger partial charge in [-0.15, -0.1) is 0 Å². The minimum Gasteiger partial charge on any atom is -0.317 e. The molecule has 20 heavy (non-hydrogen) atoms. The van der Waals surface area contributed by atoms with Gasteiger partial charge < -0.3 is 5.32 Å². The molecule has 1 aromatic heterocycles. The number of nitrogens with one attached hydrogen (secondary N) is 2. The van der Waals surface area contributed by atoms with Crippen LogP contribution < -0.4 is 10.0 Å². The highest BCUT2D eigenvalue weighted by Crippen LogP contribution is 2.18. The Balaban J connectivity index is 1.79. The Bertz CT molecular complexity index is 480. The second-order valence-corrected chi connectivity index (χ2v) is 7.64. The summed E-state index contributed by atoms with van der Waals surface area (Å²) in [7, 11) is -3.34. The Hall–Kier alpha value is -0.470. The molecule has 0 amide bonds. The van der Waals surface area contributed by atoms with Gasteiger partial charge in [-0.2, -0.15) is 28.8 Å². The van der Waals surface area contributed by atoms with E-state index in [4.69, 9.17) is 0 Å². The highest BCUT2D eigenvalue weighted by molar-refractivity contribution is 7.87. The van der Waals surface area contributed by atoms with Gasteiger partial charge in [0.25, 0.3) is 10.2 Å². The SMILES string of the molecule is CCNCC1CCN(S(=O)(=O)NCc2ccsc2)CC1. The number of hydrogen-bond acceptors (Lipinski definition) is 4. The van der Waals surface area contributed by atoms with Crippen LogP contribution in [0.1, 0.15) is 25.3 Å². The van der Waals surface area contributed by atoms with Gasteiger partial charge in [-0.3, -0.25) is 0 Å². The molecule has 1 aromatic rings. The third-order valence-corrected chi connectivity index (χ3v) is 5.92. The van der Waals surface area contributed by atoms with Crippen LogP contribution in [0, 0.1) is 5.92 Å². The van der Waals surface area contributed by atoms with E-state index in [1.54, 1.807) is 15.6 Å². The summed E-state index contributed by atoms with van der Waals surface area (Å²) in [6, 6.07) is 1.94. The normalized spacial score (nSPS) is 18.4. The lowest BCUT2D eigenvalue weighted by atomic mass is 9.98. The van der Waals surface area contributed by atoms with Crippen LogP contribution in [-0.2, 0) is 16.8 Å². The third-order valence-electron chi connectivity index (χ3n) is 3.64. The van der Waals surface area contributed by atoms with Crippen molar-refractivity contribution in [2.45, 2.75) is 26.3 Å². The minimum atomic E-state index is -3.34. The van der Waals surface area contributed by atoms with Crippen LogP contribution in [0.25, 0.3) is 0 Å². The lowest BCUT2D eigenvalue weighted by molar-refractivity contribution is 0.266. The predicted octanol–water partition coefficient (Wildman–Crippen LogP) is 1.40. The van der Waals surface area contributed by atoms with E-state index in [1.807, 2.05) is 16.8 Å². The van der Waals surface area contributed by atoms with Crippen molar-refractivity contribution < 1.29 is 8.42 Å². The fraction of sp³-hybridized carbons (Fsp3) is 0.692. The summed E-state index contributed by atoms with van der Waals surface area (Å²) < 4.78 is 28.7. The highest BCUT2D eigenvalue weighted by atomic mass is 32.2. The van der Waals surface area contributed by atoms with E-state index in [9.17, 15) is 8.42 Å². The Morgan fingerprint density at radius 3 is 2.75 bits per heavy atom. The van der Waals surface area contributed by atoms with E-state index in [-0.39, 0.29) is 0 Å². The van der Waals surface area contributed by atoms with Gasteiger partial charge in [-0.05, 0) is 54.2 Å². The van der Waals surface area contributed by atoms with Crippen LogP contribution in [0.4, 0.5) is 0 Å². The monoisotopic (exact) mass is 317 g/mol. The Labute approximate surface area is 125 Å². The summed E-state index contributed by atoms with van der Waals surface area (Å²) in [6.07, 6.45) is 1.87. The lowest BCUT2D eigenvalue weighted by Crippen LogP contribution is -2.45. The maximum absolute atomic E-state index is 12.2. The summed E-state index contributed by atoms with van der Waals surface area (Å²) in [6.45, 7) is 5.68. The first-order chi connectivity index (χ1) is 9.62. The zero-order chi connectivity index (χ0) is 14.4. The average molecular weight is 317 g/mol. The van der Waals surface area contributed by atoms with E-state index in [0.29, 0.717) is 25.6 Å². The number of rotatable bonds is 7. The first-order valence-electron chi connectivity index (χ1n) is 7.08. The molecular weight excluding hydrogens is 294 g/mol. The largest absolute Gasteiger partial charge is 0.317 e. The molecule has 0 aliphatic carbocycles. The summed E-state index contributed by atoms with van der Waals surface area (Å²) in [4.78, 5) is 0. The molecule has 1 fully saturated rings. The summed E-state index contributed by atoms with van der Waals surface area (Å²) in [5, 5.41) is 7.25. The molecule has 2 N–H and O–H groups in total. The van der Waals surface area contributed by atoms with E-state index in [2.05, 4.69) is 17.0 Å². The van der Waals surface area contributed by atoms with Crippen LogP contribution >= 0.6 is 11.3 Å². The van der Waals surface area contributed by atoms with Gasteiger partial charge in [0.05, 0.1) is 0 Å². The highest BCUT2D eigenvalue weighted by Gasteiger charge is 2.27. The van der Waals surface area contributed by atoms with Crippen molar-refractivity contribution in [2.75, 3.05) is 26.2 Å². The molecule has 0 bridgehead atoms. The second kappa shape index (κ2) is 7.51. The zero-order valence-electron chi connectivity index (χ0n) is 11.8. The molecule has 2 rings (SSSR count). The minimum absolute atomic E-state index is 0.378. The van der Waals surface area contributed by atoms with Crippen molar-refractivity contribution in [3.05, 3.63) is 22.4 Å². The van der Waals surface area contributed by atoms with Crippen molar-refractivity contribution in [3.8, 4) is 0 Å². The smallest absolute Gasteiger partial charge is 0.279 e. The van der Waals surface area contributed by atoms with Crippen LogP contribution in [0.2, 0.25) is 0 Å². The average Bonchev–Trinajstić information content (AvgIpc) is 2.97. The topological polar surface area (TPSA) is 61.4 Å². The Morgan fingerprint density at radius 1 is 1.40 bits per heavy atom. The predicted molar refractivity (Wildman–Crippen MR) is 82.9 cm³/mol. The first kappa shape index (κ1) is 15.9. The molecule has 2 heterocycles. The molecule has 1 saturated heterocycles. The molecule has 0 aromatic carbocycles. The van der Waals surface area contributed by atoms with Gasteiger partial charge >= 0.3 is 0 Å². The van der Waals surface area contributed by atoms with Gasteiger partial charge in [0.2, 0.25) is 0 Å². The number of nitrogens with zero attached hydrogens (tertiary/aromatic N) is 1. The number of piperidine rings is 1. The molecule has 0 saturated carbocycles. The van der Waals surface area contributed by atoms with E-state index < -0.39 is 10.2 Å². The molecule has 1 aliphatic rings. The van der Waals surface area contributed by atoms with Crippen LogP contribution in [-0.4, -0.2) is 38.9 Å². The fourth-order valence-corrected chi connectivity index (χ4v) is 4.25. The molecule has 0 atom stereocenters. The quantitative estimate of drug-likeness (QED) is 0.799. The van der Waals surface area contributed by atoms with Gasteiger partial charge in [0, 0.05) is 19.6 Å². The number of thiophene rings is 1. The molecular formula is C13H23N3O2S2. The van der Waals surface area contributed by atoms with Crippen LogP contribution in [0.15, 0.2) is 16.8 Å². The van der Waals surface area contributed by atoms with Crippen molar-refractivity contribution in [3.63, 3.8) is 0 Å². The first-order valence-corrected chi connectivity index (χ1v) is 9.46. The van der Waals surface area contributed by atoms with Crippen molar-refractivity contribution in [1.82, 2.24) is 14.3 Å². The lowest BCUT2D eigenvalue weighted by Gasteiger charge is -2.31. The molecule has 7 heteroatoms. The van der Waals surface area contributed by atoms with E-state index in [0.717, 1.165) is 31.5 Å². The number of hydrogen-bond donors (Lipinski definition) is 2. The van der Waals surface area contributed by atoms with Crippen LogP contribution in [0.3, 0.4) is 0 Å². The van der Waals surface area contributed by atoms with Gasteiger partial charge in [0.15, 0.2) is 0 Å².